The topological polar surface area (TPSA) is 61.3 Å². The Bertz CT molecular complexity index is 532. The summed E-state index contributed by atoms with van der Waals surface area (Å²) < 4.78 is 10.6. The van der Waals surface area contributed by atoms with E-state index < -0.39 is 0 Å². The Morgan fingerprint density at radius 1 is 1.33 bits per heavy atom. The van der Waals surface area contributed by atoms with Gasteiger partial charge in [0.2, 0.25) is 0 Å². The van der Waals surface area contributed by atoms with Crippen LogP contribution in [0.3, 0.4) is 0 Å². The monoisotopic (exact) mass is 246 g/mol. The molecule has 1 heterocycles. The highest BCUT2D eigenvalue weighted by Crippen LogP contribution is 2.24. The van der Waals surface area contributed by atoms with E-state index in [9.17, 15) is 0 Å². The second kappa shape index (κ2) is 4.82. The third kappa shape index (κ3) is 2.90. The van der Waals surface area contributed by atoms with E-state index in [4.69, 9.17) is 15.0 Å². The molecule has 0 saturated carbocycles. The van der Waals surface area contributed by atoms with Crippen molar-refractivity contribution < 1.29 is 9.26 Å². The van der Waals surface area contributed by atoms with Crippen LogP contribution in [0, 0.1) is 0 Å². The lowest BCUT2D eigenvalue weighted by Crippen LogP contribution is -2.25. The van der Waals surface area contributed by atoms with Crippen LogP contribution in [0.5, 0.6) is 0 Å². The van der Waals surface area contributed by atoms with Crippen molar-refractivity contribution in [2.75, 3.05) is 12.8 Å². The van der Waals surface area contributed by atoms with Gasteiger partial charge in [0.1, 0.15) is 0 Å². The molecule has 1 aromatic carbocycles. The van der Waals surface area contributed by atoms with Gasteiger partial charge in [0.25, 0.3) is 0 Å². The first-order valence-corrected chi connectivity index (χ1v) is 5.87. The van der Waals surface area contributed by atoms with Gasteiger partial charge in [-0.15, -0.1) is 0 Å². The molecule has 0 aliphatic heterocycles. The lowest BCUT2D eigenvalue weighted by molar-refractivity contribution is 0.0232. The van der Waals surface area contributed by atoms with Crippen molar-refractivity contribution in [2.45, 2.75) is 25.9 Å². The van der Waals surface area contributed by atoms with Crippen molar-refractivity contribution in [1.29, 1.82) is 0 Å². The number of nitrogen functional groups attached to an aromatic ring is 1. The van der Waals surface area contributed by atoms with E-state index in [-0.39, 0.29) is 5.60 Å². The molecule has 0 spiro atoms. The molecule has 4 nitrogen and oxygen atoms in total. The molecular weight excluding hydrogens is 228 g/mol. The highest BCUT2D eigenvalue weighted by atomic mass is 16.5. The molecule has 96 valence electrons. The molecule has 0 atom stereocenters. The average Bonchev–Trinajstić information content (AvgIpc) is 2.76. The molecule has 2 rings (SSSR count). The zero-order valence-electron chi connectivity index (χ0n) is 10.9. The van der Waals surface area contributed by atoms with E-state index >= 15 is 0 Å². The Kier molecular flexibility index (Phi) is 3.39. The standard InChI is InChI=1S/C14H18N2O2/c1-14(2,17-3)9-10-5-4-6-11(7-10)12-8-13(15)16-18-12/h4-8H,9H2,1-3H3,(H2,15,16). The largest absolute Gasteiger partial charge is 0.381 e. The summed E-state index contributed by atoms with van der Waals surface area (Å²) >= 11 is 0. The normalized spacial score (nSPS) is 11.7. The number of nitrogens with two attached hydrogens (primary N) is 1. The maximum Gasteiger partial charge on any atom is 0.169 e. The summed E-state index contributed by atoms with van der Waals surface area (Å²) in [5, 5.41) is 3.69. The van der Waals surface area contributed by atoms with Crippen molar-refractivity contribution in [3.05, 3.63) is 35.9 Å². The summed E-state index contributed by atoms with van der Waals surface area (Å²) in [6.45, 7) is 4.12. The van der Waals surface area contributed by atoms with Crippen LogP contribution in [0.4, 0.5) is 5.82 Å². The van der Waals surface area contributed by atoms with Crippen LogP contribution in [0.1, 0.15) is 19.4 Å². The summed E-state index contributed by atoms with van der Waals surface area (Å²) in [4.78, 5) is 0. The maximum absolute atomic E-state index is 5.55. The van der Waals surface area contributed by atoms with E-state index in [1.165, 1.54) is 5.56 Å². The SMILES string of the molecule is COC(C)(C)Cc1cccc(-c2cc(N)no2)c1. The molecule has 2 aromatic rings. The van der Waals surface area contributed by atoms with Gasteiger partial charge in [0, 0.05) is 25.2 Å². The minimum absolute atomic E-state index is 0.181. The first-order valence-electron chi connectivity index (χ1n) is 5.87. The highest BCUT2D eigenvalue weighted by Gasteiger charge is 2.17. The average molecular weight is 246 g/mol. The van der Waals surface area contributed by atoms with Crippen LogP contribution in [0.15, 0.2) is 34.9 Å². The molecule has 4 heteroatoms. The zero-order chi connectivity index (χ0) is 13.2. The predicted octanol–water partition coefficient (Wildman–Crippen LogP) is 2.89. The number of aromatic nitrogens is 1. The van der Waals surface area contributed by atoms with Gasteiger partial charge in [-0.2, -0.15) is 0 Å². The lowest BCUT2D eigenvalue weighted by Gasteiger charge is -2.22. The third-order valence-electron chi connectivity index (χ3n) is 2.92. The van der Waals surface area contributed by atoms with E-state index in [1.807, 2.05) is 12.1 Å². The number of hydrogen-bond acceptors (Lipinski definition) is 4. The number of ether oxygens (including phenoxy) is 1. The van der Waals surface area contributed by atoms with E-state index in [2.05, 4.69) is 31.1 Å². The summed E-state index contributed by atoms with van der Waals surface area (Å²) in [5.74, 6) is 1.08. The van der Waals surface area contributed by atoms with Crippen LogP contribution in [0.2, 0.25) is 0 Å². The second-order valence-corrected chi connectivity index (χ2v) is 4.96. The van der Waals surface area contributed by atoms with Crippen molar-refractivity contribution in [3.8, 4) is 11.3 Å². The number of benzene rings is 1. The van der Waals surface area contributed by atoms with E-state index in [0.29, 0.717) is 11.6 Å². The summed E-state index contributed by atoms with van der Waals surface area (Å²) in [5.41, 5.74) is 7.54. The zero-order valence-corrected chi connectivity index (χ0v) is 10.9. The molecule has 0 unspecified atom stereocenters. The van der Waals surface area contributed by atoms with Gasteiger partial charge in [-0.1, -0.05) is 23.4 Å². The fourth-order valence-corrected chi connectivity index (χ4v) is 1.82. The summed E-state index contributed by atoms with van der Waals surface area (Å²) in [6, 6.07) is 9.84. The van der Waals surface area contributed by atoms with Crippen molar-refractivity contribution in [1.82, 2.24) is 5.16 Å². The number of rotatable bonds is 4. The molecule has 2 N–H and O–H groups in total. The van der Waals surface area contributed by atoms with Gasteiger partial charge < -0.3 is 15.0 Å². The minimum atomic E-state index is -0.181. The second-order valence-electron chi connectivity index (χ2n) is 4.96. The minimum Gasteiger partial charge on any atom is -0.381 e. The van der Waals surface area contributed by atoms with Crippen molar-refractivity contribution in [3.63, 3.8) is 0 Å². The lowest BCUT2D eigenvalue weighted by atomic mass is 9.96. The molecule has 0 amide bonds. The Morgan fingerprint density at radius 3 is 2.72 bits per heavy atom. The molecule has 18 heavy (non-hydrogen) atoms. The highest BCUT2D eigenvalue weighted by molar-refractivity contribution is 5.60. The van der Waals surface area contributed by atoms with E-state index in [1.54, 1.807) is 13.2 Å². The maximum atomic E-state index is 5.55. The molecule has 0 fully saturated rings. The van der Waals surface area contributed by atoms with Gasteiger partial charge >= 0.3 is 0 Å². The molecule has 0 aliphatic carbocycles. The number of methoxy groups -OCH3 is 1. The molecule has 0 bridgehead atoms. The van der Waals surface area contributed by atoms with Gasteiger partial charge in [0.15, 0.2) is 11.6 Å². The van der Waals surface area contributed by atoms with Crippen molar-refractivity contribution >= 4 is 5.82 Å². The molecule has 0 saturated heterocycles. The summed E-state index contributed by atoms with van der Waals surface area (Å²) in [7, 11) is 1.72. The van der Waals surface area contributed by atoms with Crippen LogP contribution in [0.25, 0.3) is 11.3 Å². The Morgan fingerprint density at radius 2 is 2.11 bits per heavy atom. The van der Waals surface area contributed by atoms with Gasteiger partial charge in [0.05, 0.1) is 5.60 Å². The van der Waals surface area contributed by atoms with Gasteiger partial charge in [-0.05, 0) is 25.5 Å². The third-order valence-corrected chi connectivity index (χ3v) is 2.92. The van der Waals surface area contributed by atoms with Crippen LogP contribution in [-0.4, -0.2) is 17.9 Å². The van der Waals surface area contributed by atoms with Crippen LogP contribution >= 0.6 is 0 Å². The smallest absolute Gasteiger partial charge is 0.169 e. The fraction of sp³-hybridized carbons (Fsp3) is 0.357. The van der Waals surface area contributed by atoms with Crippen molar-refractivity contribution in [2.24, 2.45) is 0 Å². The Balaban J connectivity index is 2.25. The Hall–Kier alpha value is -1.81. The molecule has 0 aliphatic rings. The van der Waals surface area contributed by atoms with Crippen LogP contribution < -0.4 is 5.73 Å². The number of nitrogens with zero attached hydrogens (tertiary/aromatic N) is 1. The quantitative estimate of drug-likeness (QED) is 0.901. The molecule has 1 aromatic heterocycles. The molecule has 0 radical (unpaired) electrons. The number of hydrogen-bond donors (Lipinski definition) is 1. The van der Waals surface area contributed by atoms with Crippen LogP contribution in [-0.2, 0) is 11.2 Å². The molecular formula is C14H18N2O2. The fourth-order valence-electron chi connectivity index (χ4n) is 1.82. The first kappa shape index (κ1) is 12.6. The van der Waals surface area contributed by atoms with Gasteiger partial charge in [-0.25, -0.2) is 0 Å². The summed E-state index contributed by atoms with van der Waals surface area (Å²) in [6.07, 6.45) is 0.834. The first-order chi connectivity index (χ1) is 8.50. The predicted molar refractivity (Wildman–Crippen MR) is 71.1 cm³/mol. The van der Waals surface area contributed by atoms with Gasteiger partial charge in [-0.3, -0.25) is 0 Å². The Labute approximate surface area is 107 Å². The van der Waals surface area contributed by atoms with E-state index in [0.717, 1.165) is 12.0 Å². The number of anilines is 1.